The first kappa shape index (κ1) is 25.9. The van der Waals surface area contributed by atoms with Crippen LogP contribution < -0.4 is 26.3 Å². The van der Waals surface area contributed by atoms with Crippen molar-refractivity contribution in [2.75, 3.05) is 18.9 Å². The van der Waals surface area contributed by atoms with Gasteiger partial charge in [-0.1, -0.05) is 0 Å². The zero-order valence-corrected chi connectivity index (χ0v) is 22.5. The maximum atomic E-state index is 13.0. The smallest absolute Gasteiger partial charge is 0.223 e. The van der Waals surface area contributed by atoms with Gasteiger partial charge in [0.15, 0.2) is 12.4 Å². The van der Waals surface area contributed by atoms with E-state index in [0.717, 1.165) is 38.5 Å². The molecule has 200 valence electrons. The fraction of sp³-hybridized carbons (Fsp3) is 0.793. The summed E-state index contributed by atoms with van der Waals surface area (Å²) < 4.78 is 2.05. The molecule has 0 radical (unpaired) electrons. The maximum absolute atomic E-state index is 13.0. The Bertz CT molecular complexity index is 846. The van der Waals surface area contributed by atoms with Crippen LogP contribution in [-0.4, -0.2) is 60.7 Å². The zero-order chi connectivity index (χ0) is 25.1. The molecule has 4 atom stereocenters. The van der Waals surface area contributed by atoms with E-state index in [1.54, 1.807) is 0 Å². The third-order valence-corrected chi connectivity index (χ3v) is 9.75. The molecule has 0 aromatic carbocycles. The van der Waals surface area contributed by atoms with E-state index in [4.69, 9.17) is 5.73 Å². The topological polar surface area (TPSA) is 86.3 Å². The molecular weight excluding hydrogens is 448 g/mol. The lowest BCUT2D eigenvalue weighted by atomic mass is 9.73. The molecule has 3 saturated carbocycles. The highest BCUT2D eigenvalue weighted by Gasteiger charge is 2.41. The van der Waals surface area contributed by atoms with Gasteiger partial charge in [0.25, 0.3) is 0 Å². The molecule has 5 rings (SSSR count). The Balaban J connectivity index is 1.02. The lowest BCUT2D eigenvalue weighted by Crippen LogP contribution is -2.59. The van der Waals surface area contributed by atoms with E-state index in [1.807, 2.05) is 11.6 Å². The van der Waals surface area contributed by atoms with Crippen LogP contribution in [-0.2, 0) is 11.8 Å². The molecular formula is C29H49N6O+. The monoisotopic (exact) mass is 497 g/mol. The summed E-state index contributed by atoms with van der Waals surface area (Å²) in [5.74, 6) is 1.17. The van der Waals surface area contributed by atoms with Crippen LogP contribution in [0.1, 0.15) is 77.0 Å². The first-order chi connectivity index (χ1) is 17.4. The van der Waals surface area contributed by atoms with E-state index in [9.17, 15) is 4.79 Å². The van der Waals surface area contributed by atoms with Gasteiger partial charge in [0.1, 0.15) is 7.05 Å². The molecule has 7 heteroatoms. The minimum absolute atomic E-state index is 0.180. The van der Waals surface area contributed by atoms with Crippen molar-refractivity contribution >= 4 is 11.6 Å². The molecule has 2 heterocycles. The van der Waals surface area contributed by atoms with Gasteiger partial charge in [0.05, 0.1) is 0 Å². The molecule has 1 saturated heterocycles. The van der Waals surface area contributed by atoms with E-state index in [-0.39, 0.29) is 5.92 Å². The highest BCUT2D eigenvalue weighted by Crippen LogP contribution is 2.35. The largest absolute Gasteiger partial charge is 0.382 e. The number of rotatable bonds is 6. The standard InChI is InChI=1S/C29H48N6O/c1-34-16-13-25(14-17-34)31-22-6-3-20(4-7-22)29(36)33-24-10-8-23(9-11-24)32-27-15-18-35(2)28-12-5-21(30)19-26(27)28/h13-14,16-17,20-24,26-28,32H,3-12,15,18-19,30H2,1-2H3,(H,33,36)/p+1. The van der Waals surface area contributed by atoms with Crippen LogP contribution in [0.25, 0.3) is 0 Å². The van der Waals surface area contributed by atoms with Crippen molar-refractivity contribution in [3.05, 3.63) is 24.5 Å². The minimum atomic E-state index is 0.180. The Morgan fingerprint density at radius 1 is 0.917 bits per heavy atom. The van der Waals surface area contributed by atoms with Gasteiger partial charge in [-0.15, -0.1) is 0 Å². The number of carbonyl (C=O) groups is 1. The molecule has 4 fully saturated rings. The van der Waals surface area contributed by atoms with Gasteiger partial charge < -0.3 is 26.6 Å². The van der Waals surface area contributed by atoms with Crippen LogP contribution in [0, 0.1) is 11.8 Å². The number of anilines is 1. The fourth-order valence-corrected chi connectivity index (χ4v) is 7.49. The summed E-state index contributed by atoms with van der Waals surface area (Å²) in [7, 11) is 4.33. The Morgan fingerprint density at radius 2 is 1.58 bits per heavy atom. The summed E-state index contributed by atoms with van der Waals surface area (Å²) >= 11 is 0. The number of aromatic nitrogens is 1. The molecule has 3 aliphatic carbocycles. The number of piperidine rings is 1. The van der Waals surface area contributed by atoms with E-state index >= 15 is 0 Å². The molecule has 1 aliphatic heterocycles. The van der Waals surface area contributed by atoms with Gasteiger partial charge >= 0.3 is 0 Å². The van der Waals surface area contributed by atoms with Crippen molar-refractivity contribution < 1.29 is 9.36 Å². The lowest BCUT2D eigenvalue weighted by molar-refractivity contribution is -0.671. The Kier molecular flexibility index (Phi) is 8.49. The molecule has 36 heavy (non-hydrogen) atoms. The van der Waals surface area contributed by atoms with Crippen LogP contribution in [0.15, 0.2) is 24.5 Å². The van der Waals surface area contributed by atoms with E-state index in [0.29, 0.717) is 48.1 Å². The SMILES string of the molecule is CN1CCC(NC2CCC(NC(=O)C3CCC(Nc4cc[n+](C)cc4)CC3)CC2)C2CC(N)CCC21. The number of nitrogens with zero attached hydrogens (tertiary/aromatic N) is 2. The van der Waals surface area contributed by atoms with Crippen molar-refractivity contribution in [3.63, 3.8) is 0 Å². The number of pyridine rings is 1. The molecule has 7 nitrogen and oxygen atoms in total. The highest BCUT2D eigenvalue weighted by atomic mass is 16.1. The number of amides is 1. The second-order valence-electron chi connectivity index (χ2n) is 12.3. The summed E-state index contributed by atoms with van der Waals surface area (Å²) in [6, 6.07) is 7.35. The minimum Gasteiger partial charge on any atom is -0.382 e. The highest BCUT2D eigenvalue weighted by molar-refractivity contribution is 5.79. The third kappa shape index (κ3) is 6.40. The normalized spacial score (nSPS) is 37.6. The molecule has 1 amide bonds. The van der Waals surface area contributed by atoms with Crippen molar-refractivity contribution in [2.24, 2.45) is 24.6 Å². The quantitative estimate of drug-likeness (QED) is 0.454. The van der Waals surface area contributed by atoms with Crippen molar-refractivity contribution in [1.29, 1.82) is 0 Å². The van der Waals surface area contributed by atoms with E-state index in [2.05, 4.69) is 52.4 Å². The van der Waals surface area contributed by atoms with E-state index in [1.165, 1.54) is 50.8 Å². The maximum Gasteiger partial charge on any atom is 0.223 e. The van der Waals surface area contributed by atoms with Gasteiger partial charge in [0, 0.05) is 60.0 Å². The summed E-state index contributed by atoms with van der Waals surface area (Å²) in [4.78, 5) is 15.6. The van der Waals surface area contributed by atoms with Crippen LogP contribution in [0.2, 0.25) is 0 Å². The van der Waals surface area contributed by atoms with Crippen LogP contribution in [0.3, 0.4) is 0 Å². The number of hydrogen-bond donors (Lipinski definition) is 4. The molecule has 4 aliphatic rings. The van der Waals surface area contributed by atoms with Crippen molar-refractivity contribution in [2.45, 2.75) is 113 Å². The average Bonchev–Trinajstić information content (AvgIpc) is 2.88. The molecule has 5 N–H and O–H groups in total. The summed E-state index contributed by atoms with van der Waals surface area (Å²) in [6.07, 6.45) is 17.6. The van der Waals surface area contributed by atoms with Crippen LogP contribution >= 0.6 is 0 Å². The third-order valence-electron chi connectivity index (χ3n) is 9.75. The molecule has 0 spiro atoms. The molecule has 1 aromatic rings. The Hall–Kier alpha value is -1.70. The molecule has 0 bridgehead atoms. The average molecular weight is 498 g/mol. The van der Waals surface area contributed by atoms with Gasteiger partial charge in [-0.05, 0) is 96.6 Å². The second kappa shape index (κ2) is 11.8. The Morgan fingerprint density at radius 3 is 2.31 bits per heavy atom. The van der Waals surface area contributed by atoms with Gasteiger partial charge in [-0.3, -0.25) is 4.79 Å². The number of fused-ring (bicyclic) bond motifs is 1. The number of hydrogen-bond acceptors (Lipinski definition) is 5. The molecule has 4 unspecified atom stereocenters. The number of aryl methyl sites for hydroxylation is 1. The Labute approximate surface area is 218 Å². The van der Waals surface area contributed by atoms with Crippen molar-refractivity contribution in [1.82, 2.24) is 15.5 Å². The van der Waals surface area contributed by atoms with Gasteiger partial charge in [-0.2, -0.15) is 0 Å². The number of nitrogens with two attached hydrogens (primary N) is 1. The first-order valence-electron chi connectivity index (χ1n) is 14.7. The van der Waals surface area contributed by atoms with Crippen LogP contribution in [0.5, 0.6) is 0 Å². The van der Waals surface area contributed by atoms with Crippen molar-refractivity contribution in [3.8, 4) is 0 Å². The number of nitrogens with one attached hydrogen (secondary N) is 3. The number of likely N-dealkylation sites (tertiary alicyclic amines) is 1. The van der Waals surface area contributed by atoms with Gasteiger partial charge in [0.2, 0.25) is 5.91 Å². The predicted molar refractivity (Wildman–Crippen MR) is 144 cm³/mol. The predicted octanol–water partition coefficient (Wildman–Crippen LogP) is 2.70. The summed E-state index contributed by atoms with van der Waals surface area (Å²) in [5.41, 5.74) is 7.54. The number of carbonyl (C=O) groups excluding carboxylic acids is 1. The fourth-order valence-electron chi connectivity index (χ4n) is 7.49. The summed E-state index contributed by atoms with van der Waals surface area (Å²) in [6.45, 7) is 1.20. The summed E-state index contributed by atoms with van der Waals surface area (Å²) in [5, 5.41) is 11.1. The van der Waals surface area contributed by atoms with Crippen LogP contribution in [0.4, 0.5) is 5.69 Å². The zero-order valence-electron chi connectivity index (χ0n) is 22.5. The second-order valence-corrected chi connectivity index (χ2v) is 12.3. The van der Waals surface area contributed by atoms with E-state index < -0.39 is 0 Å². The lowest BCUT2D eigenvalue weighted by Gasteiger charge is -2.49. The molecule has 1 aromatic heterocycles. The first-order valence-corrected chi connectivity index (χ1v) is 14.7. The van der Waals surface area contributed by atoms with Gasteiger partial charge in [-0.25, -0.2) is 4.57 Å².